The first-order valence-corrected chi connectivity index (χ1v) is 7.42. The van der Waals surface area contributed by atoms with E-state index in [0.29, 0.717) is 17.7 Å². The lowest BCUT2D eigenvalue weighted by Gasteiger charge is -2.21. The fourth-order valence-corrected chi connectivity index (χ4v) is 2.42. The van der Waals surface area contributed by atoms with Gasteiger partial charge in [0.2, 0.25) is 0 Å². The van der Waals surface area contributed by atoms with Crippen LogP contribution in [0.25, 0.3) is 0 Å². The molecule has 0 aromatic heterocycles. The molecule has 0 spiro atoms. The summed E-state index contributed by atoms with van der Waals surface area (Å²) in [5.41, 5.74) is 3.29. The standard InChI is InChI=1S/C19H21NO3/c1-13(21)15-5-8-18(9-6-15)20(3)12-17-11-16(14(2)22)7-10-19(17)23-4/h5-11H,12H2,1-4H3. The van der Waals surface area contributed by atoms with E-state index >= 15 is 0 Å². The number of hydrogen-bond donors (Lipinski definition) is 0. The molecule has 0 saturated heterocycles. The fourth-order valence-electron chi connectivity index (χ4n) is 2.42. The summed E-state index contributed by atoms with van der Waals surface area (Å²) in [6, 6.07) is 12.9. The predicted molar refractivity (Wildman–Crippen MR) is 91.6 cm³/mol. The maximum atomic E-state index is 11.6. The van der Waals surface area contributed by atoms with Gasteiger partial charge in [-0.15, -0.1) is 0 Å². The SMILES string of the molecule is COc1ccc(C(C)=O)cc1CN(C)c1ccc(C(C)=O)cc1. The van der Waals surface area contributed by atoms with Gasteiger partial charge in [-0.3, -0.25) is 9.59 Å². The maximum Gasteiger partial charge on any atom is 0.159 e. The van der Waals surface area contributed by atoms with Crippen molar-refractivity contribution in [3.63, 3.8) is 0 Å². The van der Waals surface area contributed by atoms with Crippen molar-refractivity contribution in [3.05, 3.63) is 59.2 Å². The van der Waals surface area contributed by atoms with E-state index in [1.807, 2.05) is 48.3 Å². The van der Waals surface area contributed by atoms with Crippen LogP contribution in [0.3, 0.4) is 0 Å². The number of nitrogens with zero attached hydrogens (tertiary/aromatic N) is 1. The number of methoxy groups -OCH3 is 1. The van der Waals surface area contributed by atoms with E-state index in [4.69, 9.17) is 4.74 Å². The van der Waals surface area contributed by atoms with Crippen molar-refractivity contribution in [2.24, 2.45) is 0 Å². The number of ketones is 2. The second-order valence-corrected chi connectivity index (χ2v) is 5.54. The van der Waals surface area contributed by atoms with Crippen LogP contribution < -0.4 is 9.64 Å². The summed E-state index contributed by atoms with van der Waals surface area (Å²) >= 11 is 0. The number of ether oxygens (including phenoxy) is 1. The minimum atomic E-state index is 0.0300. The van der Waals surface area contributed by atoms with E-state index in [2.05, 4.69) is 0 Å². The molecular weight excluding hydrogens is 290 g/mol. The predicted octanol–water partition coefficient (Wildman–Crippen LogP) is 3.74. The van der Waals surface area contributed by atoms with Gasteiger partial charge in [-0.05, 0) is 56.3 Å². The Kier molecular flexibility index (Phi) is 5.16. The normalized spacial score (nSPS) is 10.3. The number of carbonyl (C=O) groups excluding carboxylic acids is 2. The quantitative estimate of drug-likeness (QED) is 0.763. The molecule has 0 radical (unpaired) electrons. The number of hydrogen-bond acceptors (Lipinski definition) is 4. The van der Waals surface area contributed by atoms with Gasteiger partial charge >= 0.3 is 0 Å². The van der Waals surface area contributed by atoms with Crippen LogP contribution >= 0.6 is 0 Å². The van der Waals surface area contributed by atoms with Crippen LogP contribution in [-0.4, -0.2) is 25.7 Å². The van der Waals surface area contributed by atoms with E-state index in [0.717, 1.165) is 17.0 Å². The Hall–Kier alpha value is -2.62. The summed E-state index contributed by atoms with van der Waals surface area (Å²) in [7, 11) is 3.58. The first kappa shape index (κ1) is 16.7. The van der Waals surface area contributed by atoms with E-state index in [-0.39, 0.29) is 11.6 Å². The third kappa shape index (κ3) is 3.97. The molecule has 0 heterocycles. The summed E-state index contributed by atoms with van der Waals surface area (Å²) in [5.74, 6) is 0.833. The molecule has 0 aliphatic rings. The lowest BCUT2D eigenvalue weighted by molar-refractivity contribution is 0.100. The molecule has 0 N–H and O–H groups in total. The Balaban J connectivity index is 2.24. The highest BCUT2D eigenvalue weighted by atomic mass is 16.5. The lowest BCUT2D eigenvalue weighted by Crippen LogP contribution is -2.17. The van der Waals surface area contributed by atoms with E-state index in [1.54, 1.807) is 27.0 Å². The summed E-state index contributed by atoms with van der Waals surface area (Å²) in [4.78, 5) is 25.0. The molecular formula is C19H21NO3. The Morgan fingerprint density at radius 1 is 0.957 bits per heavy atom. The van der Waals surface area contributed by atoms with Crippen molar-refractivity contribution < 1.29 is 14.3 Å². The van der Waals surface area contributed by atoms with Crippen LogP contribution in [0.2, 0.25) is 0 Å². The first-order chi connectivity index (χ1) is 10.9. The highest BCUT2D eigenvalue weighted by Crippen LogP contribution is 2.24. The van der Waals surface area contributed by atoms with Crippen LogP contribution in [0.5, 0.6) is 5.75 Å². The molecule has 2 aromatic carbocycles. The van der Waals surface area contributed by atoms with Crippen molar-refractivity contribution in [1.29, 1.82) is 0 Å². The van der Waals surface area contributed by atoms with Gasteiger partial charge in [-0.1, -0.05) is 0 Å². The van der Waals surface area contributed by atoms with Gasteiger partial charge in [0.15, 0.2) is 11.6 Å². The topological polar surface area (TPSA) is 46.6 Å². The van der Waals surface area contributed by atoms with Gasteiger partial charge in [0.05, 0.1) is 7.11 Å². The van der Waals surface area contributed by atoms with Crippen LogP contribution in [0.1, 0.15) is 40.1 Å². The molecule has 0 atom stereocenters. The van der Waals surface area contributed by atoms with Gasteiger partial charge in [-0.2, -0.15) is 0 Å². The monoisotopic (exact) mass is 311 g/mol. The molecule has 4 heteroatoms. The molecule has 0 aliphatic carbocycles. The number of rotatable bonds is 6. The Bertz CT molecular complexity index is 720. The summed E-state index contributed by atoms with van der Waals surface area (Å²) in [6.07, 6.45) is 0. The molecule has 23 heavy (non-hydrogen) atoms. The Morgan fingerprint density at radius 2 is 1.52 bits per heavy atom. The summed E-state index contributed by atoms with van der Waals surface area (Å²) in [5, 5.41) is 0. The van der Waals surface area contributed by atoms with E-state index in [1.165, 1.54) is 0 Å². The minimum absolute atomic E-state index is 0.0300. The lowest BCUT2D eigenvalue weighted by atomic mass is 10.1. The van der Waals surface area contributed by atoms with Gasteiger partial charge in [0, 0.05) is 36.0 Å². The van der Waals surface area contributed by atoms with Crippen LogP contribution in [0, 0.1) is 0 Å². The molecule has 4 nitrogen and oxygen atoms in total. The van der Waals surface area contributed by atoms with Crippen LogP contribution in [0.4, 0.5) is 5.69 Å². The second kappa shape index (κ2) is 7.09. The van der Waals surface area contributed by atoms with Crippen LogP contribution in [0.15, 0.2) is 42.5 Å². The van der Waals surface area contributed by atoms with Crippen molar-refractivity contribution in [1.82, 2.24) is 0 Å². The molecule has 2 rings (SSSR count). The molecule has 0 amide bonds. The van der Waals surface area contributed by atoms with Crippen LogP contribution in [-0.2, 0) is 6.54 Å². The molecule has 2 aromatic rings. The molecule has 0 unspecified atom stereocenters. The Labute approximate surface area is 136 Å². The van der Waals surface area contributed by atoms with Gasteiger partial charge < -0.3 is 9.64 Å². The van der Waals surface area contributed by atoms with Crippen molar-refractivity contribution >= 4 is 17.3 Å². The van der Waals surface area contributed by atoms with Gasteiger partial charge in [0.1, 0.15) is 5.75 Å². The molecule has 120 valence electrons. The van der Waals surface area contributed by atoms with E-state index < -0.39 is 0 Å². The smallest absolute Gasteiger partial charge is 0.159 e. The van der Waals surface area contributed by atoms with Crippen molar-refractivity contribution in [2.75, 3.05) is 19.1 Å². The number of anilines is 1. The average Bonchev–Trinajstić information content (AvgIpc) is 2.54. The zero-order valence-corrected chi connectivity index (χ0v) is 13.9. The highest BCUT2D eigenvalue weighted by Gasteiger charge is 2.10. The first-order valence-electron chi connectivity index (χ1n) is 7.42. The number of benzene rings is 2. The van der Waals surface area contributed by atoms with E-state index in [9.17, 15) is 9.59 Å². The van der Waals surface area contributed by atoms with Crippen molar-refractivity contribution in [2.45, 2.75) is 20.4 Å². The summed E-state index contributed by atoms with van der Waals surface area (Å²) in [6.45, 7) is 3.70. The zero-order valence-electron chi connectivity index (χ0n) is 13.9. The third-order valence-electron chi connectivity index (χ3n) is 3.81. The Morgan fingerprint density at radius 3 is 2.04 bits per heavy atom. The highest BCUT2D eigenvalue weighted by molar-refractivity contribution is 5.95. The fraction of sp³-hybridized carbons (Fsp3) is 0.263. The summed E-state index contributed by atoms with van der Waals surface area (Å²) < 4.78 is 5.38. The largest absolute Gasteiger partial charge is 0.496 e. The minimum Gasteiger partial charge on any atom is -0.496 e. The number of carbonyl (C=O) groups is 2. The van der Waals surface area contributed by atoms with Crippen molar-refractivity contribution in [3.8, 4) is 5.75 Å². The van der Waals surface area contributed by atoms with Gasteiger partial charge in [0.25, 0.3) is 0 Å². The second-order valence-electron chi connectivity index (χ2n) is 5.54. The molecule has 0 aliphatic heterocycles. The number of Topliss-reactive ketones (excluding diaryl/α,β-unsaturated/α-hetero) is 2. The molecule has 0 saturated carbocycles. The molecule has 0 bridgehead atoms. The molecule has 0 fully saturated rings. The maximum absolute atomic E-state index is 11.6. The van der Waals surface area contributed by atoms with Gasteiger partial charge in [-0.25, -0.2) is 0 Å². The average molecular weight is 311 g/mol. The third-order valence-corrected chi connectivity index (χ3v) is 3.81. The zero-order chi connectivity index (χ0) is 17.0.